The van der Waals surface area contributed by atoms with E-state index in [1.807, 2.05) is 0 Å². The fraction of sp³-hybridized carbons (Fsp3) is 0.250. The Bertz CT molecular complexity index is 953. The van der Waals surface area contributed by atoms with E-state index in [1.54, 1.807) is 13.0 Å². The Morgan fingerprint density at radius 1 is 1.21 bits per heavy atom. The van der Waals surface area contributed by atoms with Gasteiger partial charge in [-0.3, -0.25) is 18.9 Å². The quantitative estimate of drug-likeness (QED) is 0.812. The Hall–Kier alpha value is -3.16. The molecule has 1 heterocycles. The first-order valence-corrected chi connectivity index (χ1v) is 7.18. The van der Waals surface area contributed by atoms with E-state index in [-0.39, 0.29) is 16.8 Å². The molecule has 0 amide bonds. The van der Waals surface area contributed by atoms with Crippen molar-refractivity contribution in [3.05, 3.63) is 56.2 Å². The number of nitrogens with zero attached hydrogens (tertiary/aromatic N) is 3. The lowest BCUT2D eigenvalue weighted by Gasteiger charge is -2.11. The third-order valence-corrected chi connectivity index (χ3v) is 3.61. The highest BCUT2D eigenvalue weighted by molar-refractivity contribution is 6.03. The number of aromatic hydroxyl groups is 1. The third-order valence-electron chi connectivity index (χ3n) is 3.61. The first-order chi connectivity index (χ1) is 11.3. The summed E-state index contributed by atoms with van der Waals surface area (Å²) in [6.45, 7) is 1.74. The Labute approximate surface area is 137 Å². The van der Waals surface area contributed by atoms with Gasteiger partial charge in [0.25, 0.3) is 5.56 Å². The lowest BCUT2D eigenvalue weighted by atomic mass is 10.1. The van der Waals surface area contributed by atoms with Gasteiger partial charge < -0.3 is 10.2 Å². The van der Waals surface area contributed by atoms with Gasteiger partial charge in [-0.1, -0.05) is 13.0 Å². The number of hydrogen-bond donors (Lipinski definition) is 2. The molecule has 0 bridgehead atoms. The number of carboxylic acids is 1. The Morgan fingerprint density at radius 2 is 1.88 bits per heavy atom. The molecular formula is C16H17N3O5. The zero-order valence-electron chi connectivity index (χ0n) is 13.5. The molecule has 0 aliphatic heterocycles. The first kappa shape index (κ1) is 17.2. The second-order valence-corrected chi connectivity index (χ2v) is 5.17. The van der Waals surface area contributed by atoms with Crippen molar-refractivity contribution in [3.63, 3.8) is 0 Å². The van der Waals surface area contributed by atoms with E-state index >= 15 is 0 Å². The lowest BCUT2D eigenvalue weighted by Crippen LogP contribution is -2.40. The van der Waals surface area contributed by atoms with Crippen LogP contribution >= 0.6 is 0 Å². The summed E-state index contributed by atoms with van der Waals surface area (Å²) < 4.78 is 1.84. The molecule has 0 spiro atoms. The van der Waals surface area contributed by atoms with E-state index in [0.29, 0.717) is 12.1 Å². The summed E-state index contributed by atoms with van der Waals surface area (Å²) in [4.78, 5) is 39.5. The standard InChI is InChI=1S/C16H17N3O5/c1-4-11(17-10-7-5-6-9(8-10)15(22)23)12-13(20)18(2)16(24)19(3)14(12)21/h5-8,20H,4H2,1-3H3,(H,22,23). The SMILES string of the molecule is CCC(=Nc1cccc(C(=O)O)c1)c1c(O)n(C)c(=O)n(C)c1=O. The van der Waals surface area contributed by atoms with Crippen molar-refractivity contribution < 1.29 is 15.0 Å². The molecule has 0 fully saturated rings. The van der Waals surface area contributed by atoms with Crippen molar-refractivity contribution in [1.29, 1.82) is 0 Å². The van der Waals surface area contributed by atoms with E-state index in [9.17, 15) is 19.5 Å². The molecular weight excluding hydrogens is 314 g/mol. The summed E-state index contributed by atoms with van der Waals surface area (Å²) in [6, 6.07) is 5.91. The van der Waals surface area contributed by atoms with Crippen LogP contribution in [-0.2, 0) is 14.1 Å². The van der Waals surface area contributed by atoms with Crippen molar-refractivity contribution in [2.45, 2.75) is 13.3 Å². The second-order valence-electron chi connectivity index (χ2n) is 5.17. The topological polar surface area (TPSA) is 114 Å². The number of benzene rings is 1. The number of aliphatic imine (C=N–C) groups is 1. The van der Waals surface area contributed by atoms with Gasteiger partial charge in [-0.15, -0.1) is 0 Å². The number of aromatic carboxylic acids is 1. The summed E-state index contributed by atoms with van der Waals surface area (Å²) in [5.74, 6) is -1.57. The zero-order chi connectivity index (χ0) is 18.0. The van der Waals surface area contributed by atoms with Gasteiger partial charge in [-0.05, 0) is 24.6 Å². The molecule has 0 saturated heterocycles. The van der Waals surface area contributed by atoms with Crippen molar-refractivity contribution >= 4 is 17.4 Å². The normalized spacial score (nSPS) is 11.5. The second kappa shape index (κ2) is 6.53. The number of rotatable bonds is 4. The van der Waals surface area contributed by atoms with E-state index in [2.05, 4.69) is 4.99 Å². The molecule has 2 rings (SSSR count). The lowest BCUT2D eigenvalue weighted by molar-refractivity contribution is 0.0697. The summed E-state index contributed by atoms with van der Waals surface area (Å²) >= 11 is 0. The maximum atomic E-state index is 12.3. The van der Waals surface area contributed by atoms with Gasteiger partial charge in [0.1, 0.15) is 5.56 Å². The molecule has 8 nitrogen and oxygen atoms in total. The van der Waals surface area contributed by atoms with Crippen molar-refractivity contribution in [1.82, 2.24) is 9.13 Å². The van der Waals surface area contributed by atoms with Crippen LogP contribution in [0.5, 0.6) is 5.88 Å². The molecule has 0 aliphatic rings. The monoisotopic (exact) mass is 331 g/mol. The van der Waals surface area contributed by atoms with Crippen LogP contribution in [0.25, 0.3) is 0 Å². The van der Waals surface area contributed by atoms with Gasteiger partial charge in [0.2, 0.25) is 5.88 Å². The van der Waals surface area contributed by atoms with Crippen LogP contribution in [0.15, 0.2) is 38.8 Å². The van der Waals surface area contributed by atoms with Crippen molar-refractivity contribution in [3.8, 4) is 5.88 Å². The zero-order valence-corrected chi connectivity index (χ0v) is 13.5. The minimum Gasteiger partial charge on any atom is -0.494 e. The highest BCUT2D eigenvalue weighted by Crippen LogP contribution is 2.19. The molecule has 0 unspecified atom stereocenters. The van der Waals surface area contributed by atoms with E-state index < -0.39 is 23.1 Å². The first-order valence-electron chi connectivity index (χ1n) is 7.18. The minimum absolute atomic E-state index is 0.0595. The van der Waals surface area contributed by atoms with Gasteiger partial charge in [0.15, 0.2) is 0 Å². The predicted octanol–water partition coefficient (Wildman–Crippen LogP) is 1.02. The molecule has 8 heteroatoms. The van der Waals surface area contributed by atoms with Crippen LogP contribution in [-0.4, -0.2) is 31.0 Å². The molecule has 0 saturated carbocycles. The Kier molecular flexibility index (Phi) is 4.68. The summed E-state index contributed by atoms with van der Waals surface area (Å²) in [6.07, 6.45) is 0.304. The molecule has 1 aromatic carbocycles. The van der Waals surface area contributed by atoms with Gasteiger partial charge in [0, 0.05) is 14.1 Å². The highest BCUT2D eigenvalue weighted by Gasteiger charge is 2.19. The maximum absolute atomic E-state index is 12.3. The van der Waals surface area contributed by atoms with Gasteiger partial charge in [-0.25, -0.2) is 9.59 Å². The van der Waals surface area contributed by atoms with Crippen molar-refractivity contribution in [2.75, 3.05) is 0 Å². The van der Waals surface area contributed by atoms with Crippen LogP contribution in [0.1, 0.15) is 29.3 Å². The largest absolute Gasteiger partial charge is 0.494 e. The minimum atomic E-state index is -1.09. The van der Waals surface area contributed by atoms with Gasteiger partial charge in [0.05, 0.1) is 17.0 Å². The van der Waals surface area contributed by atoms with Gasteiger partial charge >= 0.3 is 11.7 Å². The van der Waals surface area contributed by atoms with Crippen LogP contribution in [0.3, 0.4) is 0 Å². The van der Waals surface area contributed by atoms with E-state index in [1.165, 1.54) is 32.3 Å². The molecule has 24 heavy (non-hydrogen) atoms. The summed E-state index contributed by atoms with van der Waals surface area (Å²) in [5, 5.41) is 19.2. The van der Waals surface area contributed by atoms with E-state index in [0.717, 1.165) is 9.13 Å². The van der Waals surface area contributed by atoms with Crippen LogP contribution in [0, 0.1) is 0 Å². The van der Waals surface area contributed by atoms with Gasteiger partial charge in [-0.2, -0.15) is 0 Å². The molecule has 2 aromatic rings. The molecule has 0 aliphatic carbocycles. The maximum Gasteiger partial charge on any atom is 0.335 e. The third kappa shape index (κ3) is 2.98. The summed E-state index contributed by atoms with van der Waals surface area (Å²) in [5.41, 5.74) is -0.740. The molecule has 126 valence electrons. The number of carboxylic acid groups (broad SMARTS) is 1. The number of hydrogen-bond acceptors (Lipinski definition) is 5. The predicted molar refractivity (Wildman–Crippen MR) is 88.5 cm³/mol. The summed E-state index contributed by atoms with van der Waals surface area (Å²) in [7, 11) is 2.66. The molecule has 0 atom stereocenters. The Morgan fingerprint density at radius 3 is 2.46 bits per heavy atom. The van der Waals surface area contributed by atoms with E-state index in [4.69, 9.17) is 5.11 Å². The average molecular weight is 331 g/mol. The molecule has 2 N–H and O–H groups in total. The number of carbonyl (C=O) groups is 1. The molecule has 0 radical (unpaired) electrons. The smallest absolute Gasteiger partial charge is 0.335 e. The number of aromatic nitrogens is 2. The fourth-order valence-electron chi connectivity index (χ4n) is 2.26. The highest BCUT2D eigenvalue weighted by atomic mass is 16.4. The fourth-order valence-corrected chi connectivity index (χ4v) is 2.26. The Balaban J connectivity index is 2.70. The average Bonchev–Trinajstić information content (AvgIpc) is 2.57. The van der Waals surface area contributed by atoms with Crippen LogP contribution < -0.4 is 11.2 Å². The van der Waals surface area contributed by atoms with Crippen LogP contribution in [0.4, 0.5) is 5.69 Å². The van der Waals surface area contributed by atoms with Crippen LogP contribution in [0.2, 0.25) is 0 Å². The molecule has 1 aromatic heterocycles. The van der Waals surface area contributed by atoms with Crippen molar-refractivity contribution in [2.24, 2.45) is 19.1 Å².